The van der Waals surface area contributed by atoms with Crippen molar-refractivity contribution < 1.29 is 4.74 Å². The van der Waals surface area contributed by atoms with Crippen molar-refractivity contribution in [1.82, 2.24) is 9.78 Å². The predicted octanol–water partition coefficient (Wildman–Crippen LogP) is 4.88. The Hall–Kier alpha value is -1.19. The molecule has 0 N–H and O–H groups in total. The second-order valence-corrected chi connectivity index (χ2v) is 5.84. The van der Waals surface area contributed by atoms with Crippen LogP contribution in [0.5, 0.6) is 11.5 Å². The molecular formula is C15H16Cl2N2O. The maximum atomic E-state index is 6.05. The molecule has 0 spiro atoms. The van der Waals surface area contributed by atoms with Gasteiger partial charge in [-0.2, -0.15) is 5.10 Å². The first-order valence-corrected chi connectivity index (χ1v) is 7.65. The molecule has 0 amide bonds. The summed E-state index contributed by atoms with van der Waals surface area (Å²) < 4.78 is 8.12. The van der Waals surface area contributed by atoms with Crippen molar-refractivity contribution in [3.05, 3.63) is 39.6 Å². The van der Waals surface area contributed by atoms with Crippen LogP contribution in [0.25, 0.3) is 0 Å². The summed E-state index contributed by atoms with van der Waals surface area (Å²) in [7, 11) is 0. The number of fused-ring (bicyclic) bond motifs is 1. The van der Waals surface area contributed by atoms with Gasteiger partial charge in [-0.3, -0.25) is 4.68 Å². The second kappa shape index (κ2) is 5.66. The highest BCUT2D eigenvalue weighted by Gasteiger charge is 2.21. The van der Waals surface area contributed by atoms with Gasteiger partial charge >= 0.3 is 0 Å². The van der Waals surface area contributed by atoms with Gasteiger partial charge in [0.15, 0.2) is 5.75 Å². The van der Waals surface area contributed by atoms with Gasteiger partial charge in [0, 0.05) is 16.6 Å². The van der Waals surface area contributed by atoms with Crippen LogP contribution < -0.4 is 4.74 Å². The van der Waals surface area contributed by atoms with Crippen LogP contribution in [-0.2, 0) is 19.4 Å². The van der Waals surface area contributed by atoms with Gasteiger partial charge in [0.2, 0.25) is 0 Å². The van der Waals surface area contributed by atoms with Crippen LogP contribution in [0.4, 0.5) is 0 Å². The number of nitrogens with zero attached hydrogens (tertiary/aromatic N) is 2. The van der Waals surface area contributed by atoms with E-state index < -0.39 is 0 Å². The summed E-state index contributed by atoms with van der Waals surface area (Å²) in [6.45, 7) is 3.06. The molecule has 0 radical (unpaired) electrons. The Balaban J connectivity index is 1.99. The lowest BCUT2D eigenvalue weighted by molar-refractivity contribution is 0.445. The zero-order valence-corrected chi connectivity index (χ0v) is 12.8. The van der Waals surface area contributed by atoms with E-state index in [1.807, 2.05) is 0 Å². The lowest BCUT2D eigenvalue weighted by Gasteiger charge is -2.15. The van der Waals surface area contributed by atoms with Crippen LogP contribution in [0.2, 0.25) is 10.0 Å². The highest BCUT2D eigenvalue weighted by atomic mass is 35.5. The second-order valence-electron chi connectivity index (χ2n) is 4.96. The third kappa shape index (κ3) is 2.65. The molecule has 0 atom stereocenters. The van der Waals surface area contributed by atoms with Crippen LogP contribution in [0, 0.1) is 0 Å². The fraction of sp³-hybridized carbons (Fsp3) is 0.400. The zero-order valence-electron chi connectivity index (χ0n) is 11.3. The van der Waals surface area contributed by atoms with E-state index in [4.69, 9.17) is 27.9 Å². The highest BCUT2D eigenvalue weighted by molar-refractivity contribution is 6.34. The summed E-state index contributed by atoms with van der Waals surface area (Å²) in [5.41, 5.74) is 2.18. The van der Waals surface area contributed by atoms with Gasteiger partial charge in [-0.05, 0) is 43.9 Å². The number of aromatic nitrogens is 2. The summed E-state index contributed by atoms with van der Waals surface area (Å²) in [6, 6.07) is 5.25. The first-order valence-electron chi connectivity index (χ1n) is 6.90. The number of rotatable bonds is 3. The first kappa shape index (κ1) is 13.8. The molecule has 2 heterocycles. The van der Waals surface area contributed by atoms with E-state index in [0.29, 0.717) is 15.8 Å². The van der Waals surface area contributed by atoms with Gasteiger partial charge in [0.25, 0.3) is 0 Å². The molecule has 0 saturated carbocycles. The monoisotopic (exact) mass is 310 g/mol. The van der Waals surface area contributed by atoms with Crippen LogP contribution in [-0.4, -0.2) is 9.78 Å². The Morgan fingerprint density at radius 3 is 2.65 bits per heavy atom. The summed E-state index contributed by atoms with van der Waals surface area (Å²) in [4.78, 5) is 0. The van der Waals surface area contributed by atoms with Gasteiger partial charge in [0.05, 0.1) is 5.69 Å². The average Bonchev–Trinajstić information content (AvgIpc) is 2.76. The molecule has 0 bridgehead atoms. The predicted molar refractivity (Wildman–Crippen MR) is 81.1 cm³/mol. The van der Waals surface area contributed by atoms with Crippen LogP contribution in [0.1, 0.15) is 31.2 Å². The molecule has 106 valence electrons. The molecule has 3 rings (SSSR count). The van der Waals surface area contributed by atoms with E-state index in [1.54, 1.807) is 18.2 Å². The van der Waals surface area contributed by atoms with Gasteiger partial charge in [-0.1, -0.05) is 30.1 Å². The number of hydrogen-bond donors (Lipinski definition) is 0. The summed E-state index contributed by atoms with van der Waals surface area (Å²) in [5.74, 6) is 1.55. The van der Waals surface area contributed by atoms with Crippen molar-refractivity contribution in [3.8, 4) is 11.5 Å². The zero-order chi connectivity index (χ0) is 14.1. The van der Waals surface area contributed by atoms with Crippen molar-refractivity contribution in [2.75, 3.05) is 0 Å². The fourth-order valence-corrected chi connectivity index (χ4v) is 3.08. The minimum Gasteiger partial charge on any atom is -0.453 e. The maximum Gasteiger partial charge on any atom is 0.171 e. The molecular weight excluding hydrogens is 295 g/mol. The Morgan fingerprint density at radius 2 is 1.95 bits per heavy atom. The van der Waals surface area contributed by atoms with E-state index in [9.17, 15) is 0 Å². The topological polar surface area (TPSA) is 27.1 Å². The SMILES string of the molecule is CCc1nn2c(c1Oc1cc(Cl)cc(Cl)c1)CCCC2. The molecule has 3 nitrogen and oxygen atoms in total. The molecule has 0 saturated heterocycles. The number of aryl methyl sites for hydroxylation is 2. The van der Waals surface area contributed by atoms with Crippen LogP contribution >= 0.6 is 23.2 Å². The molecule has 2 aromatic rings. The van der Waals surface area contributed by atoms with Gasteiger partial charge in [-0.15, -0.1) is 0 Å². The molecule has 20 heavy (non-hydrogen) atoms. The molecule has 5 heteroatoms. The maximum absolute atomic E-state index is 6.05. The third-order valence-electron chi connectivity index (χ3n) is 3.50. The summed E-state index contributed by atoms with van der Waals surface area (Å²) >= 11 is 12.0. The molecule has 1 aliphatic heterocycles. The highest BCUT2D eigenvalue weighted by Crippen LogP contribution is 2.35. The van der Waals surface area contributed by atoms with E-state index in [2.05, 4.69) is 16.7 Å². The van der Waals surface area contributed by atoms with E-state index in [-0.39, 0.29) is 0 Å². The Labute approximate surface area is 128 Å². The Kier molecular flexibility index (Phi) is 3.90. The van der Waals surface area contributed by atoms with Gasteiger partial charge in [-0.25, -0.2) is 0 Å². The molecule has 0 aliphatic carbocycles. The fourth-order valence-electron chi connectivity index (χ4n) is 2.57. The number of benzene rings is 1. The van der Waals surface area contributed by atoms with Crippen molar-refractivity contribution >= 4 is 23.2 Å². The first-order chi connectivity index (χ1) is 9.67. The minimum atomic E-state index is 0.576. The Bertz CT molecular complexity index is 617. The molecule has 1 aliphatic rings. The normalized spacial score (nSPS) is 14.2. The van der Waals surface area contributed by atoms with Crippen LogP contribution in [0.3, 0.4) is 0 Å². The summed E-state index contributed by atoms with van der Waals surface area (Å²) in [5, 5.41) is 5.79. The van der Waals surface area contributed by atoms with Gasteiger partial charge in [0.1, 0.15) is 11.4 Å². The standard InChI is InChI=1S/C15H16Cl2N2O/c1-2-13-15(14-5-3-4-6-19(14)18-13)20-12-8-10(16)7-11(17)9-12/h7-9H,2-6H2,1H3. The van der Waals surface area contributed by atoms with Crippen molar-refractivity contribution in [2.24, 2.45) is 0 Å². The quantitative estimate of drug-likeness (QED) is 0.807. The lowest BCUT2D eigenvalue weighted by atomic mass is 10.1. The van der Waals surface area contributed by atoms with E-state index in [0.717, 1.165) is 30.8 Å². The van der Waals surface area contributed by atoms with Gasteiger partial charge < -0.3 is 4.74 Å². The smallest absolute Gasteiger partial charge is 0.171 e. The summed E-state index contributed by atoms with van der Waals surface area (Å²) in [6.07, 6.45) is 4.22. The molecule has 1 aromatic carbocycles. The van der Waals surface area contributed by atoms with Crippen molar-refractivity contribution in [3.63, 3.8) is 0 Å². The van der Waals surface area contributed by atoms with E-state index >= 15 is 0 Å². The van der Waals surface area contributed by atoms with Crippen LogP contribution in [0.15, 0.2) is 18.2 Å². The number of ether oxygens (including phenoxy) is 1. The Morgan fingerprint density at radius 1 is 1.20 bits per heavy atom. The van der Waals surface area contributed by atoms with E-state index in [1.165, 1.54) is 18.5 Å². The third-order valence-corrected chi connectivity index (χ3v) is 3.94. The number of hydrogen-bond acceptors (Lipinski definition) is 2. The largest absolute Gasteiger partial charge is 0.453 e. The molecule has 1 aromatic heterocycles. The van der Waals surface area contributed by atoms with Crippen molar-refractivity contribution in [1.29, 1.82) is 0 Å². The molecule has 0 unspecified atom stereocenters. The van der Waals surface area contributed by atoms with Crippen molar-refractivity contribution in [2.45, 2.75) is 39.2 Å². The minimum absolute atomic E-state index is 0.576. The average molecular weight is 311 g/mol. The molecule has 0 fully saturated rings. The lowest BCUT2D eigenvalue weighted by Crippen LogP contribution is -2.11. The number of halogens is 2.